The summed E-state index contributed by atoms with van der Waals surface area (Å²) >= 11 is 0. The van der Waals surface area contributed by atoms with Crippen LogP contribution < -0.4 is 10.5 Å². The average Bonchev–Trinajstić information content (AvgIpc) is 2.82. The molecule has 1 aliphatic heterocycles. The Morgan fingerprint density at radius 2 is 2.06 bits per heavy atom. The molecule has 0 unspecified atom stereocenters. The fourth-order valence-corrected chi connectivity index (χ4v) is 2.42. The van der Waals surface area contributed by atoms with E-state index in [-0.39, 0.29) is 5.56 Å². The lowest BCUT2D eigenvalue weighted by molar-refractivity contribution is 0.949. The third kappa shape index (κ3) is 1.79. The summed E-state index contributed by atoms with van der Waals surface area (Å²) in [6.45, 7) is 3.97. The third-order valence-electron chi connectivity index (χ3n) is 3.28. The van der Waals surface area contributed by atoms with Crippen molar-refractivity contribution >= 4 is 16.6 Å². The van der Waals surface area contributed by atoms with Crippen LogP contribution in [-0.4, -0.2) is 23.1 Å². The van der Waals surface area contributed by atoms with Crippen molar-refractivity contribution in [1.82, 2.24) is 9.97 Å². The van der Waals surface area contributed by atoms with E-state index in [9.17, 15) is 4.79 Å². The van der Waals surface area contributed by atoms with Crippen molar-refractivity contribution in [2.75, 3.05) is 18.0 Å². The summed E-state index contributed by atoms with van der Waals surface area (Å²) in [6.07, 6.45) is 2.47. The number of aromatic nitrogens is 2. The molecular formula is C13H15N3O. The van der Waals surface area contributed by atoms with Gasteiger partial charge in [-0.3, -0.25) is 4.79 Å². The molecular weight excluding hydrogens is 214 g/mol. The first-order chi connectivity index (χ1) is 8.24. The van der Waals surface area contributed by atoms with Crippen LogP contribution in [0.5, 0.6) is 0 Å². The molecule has 0 radical (unpaired) electrons. The Kier molecular flexibility index (Phi) is 2.35. The SMILES string of the molecule is Cc1nc2ccc(N3CCCC3)cc2c(=O)[nH]1. The second-order valence-corrected chi connectivity index (χ2v) is 4.55. The van der Waals surface area contributed by atoms with Crippen molar-refractivity contribution in [3.63, 3.8) is 0 Å². The zero-order valence-corrected chi connectivity index (χ0v) is 9.86. The molecule has 88 valence electrons. The molecule has 0 atom stereocenters. The second kappa shape index (κ2) is 3.87. The second-order valence-electron chi connectivity index (χ2n) is 4.55. The number of H-pyrrole nitrogens is 1. The first kappa shape index (κ1) is 10.3. The summed E-state index contributed by atoms with van der Waals surface area (Å²) in [4.78, 5) is 21.2. The fraction of sp³-hybridized carbons (Fsp3) is 0.385. The van der Waals surface area contributed by atoms with Crippen LogP contribution in [0, 0.1) is 6.92 Å². The number of anilines is 1. The van der Waals surface area contributed by atoms with E-state index in [2.05, 4.69) is 20.9 Å². The van der Waals surface area contributed by atoms with Crippen molar-refractivity contribution in [3.8, 4) is 0 Å². The number of nitrogens with zero attached hydrogens (tertiary/aromatic N) is 2. The first-order valence-electron chi connectivity index (χ1n) is 6.00. The molecule has 0 amide bonds. The van der Waals surface area contributed by atoms with Gasteiger partial charge in [-0.2, -0.15) is 0 Å². The zero-order chi connectivity index (χ0) is 11.8. The molecule has 0 spiro atoms. The lowest BCUT2D eigenvalue weighted by Gasteiger charge is -2.17. The van der Waals surface area contributed by atoms with E-state index in [4.69, 9.17) is 0 Å². The van der Waals surface area contributed by atoms with Crippen molar-refractivity contribution in [2.24, 2.45) is 0 Å². The van der Waals surface area contributed by atoms with Crippen molar-refractivity contribution < 1.29 is 0 Å². The lowest BCUT2D eigenvalue weighted by Crippen LogP contribution is -2.18. The summed E-state index contributed by atoms with van der Waals surface area (Å²) in [5.41, 5.74) is 1.86. The van der Waals surface area contributed by atoms with Crippen LogP contribution in [0.3, 0.4) is 0 Å². The van der Waals surface area contributed by atoms with Crippen LogP contribution in [0.4, 0.5) is 5.69 Å². The van der Waals surface area contributed by atoms with E-state index >= 15 is 0 Å². The van der Waals surface area contributed by atoms with Gasteiger partial charge in [0, 0.05) is 18.8 Å². The summed E-state index contributed by atoms with van der Waals surface area (Å²) < 4.78 is 0. The Morgan fingerprint density at radius 3 is 2.82 bits per heavy atom. The predicted octanol–water partition coefficient (Wildman–Crippen LogP) is 1.83. The quantitative estimate of drug-likeness (QED) is 0.811. The number of aryl methyl sites for hydroxylation is 1. The van der Waals surface area contributed by atoms with Gasteiger partial charge in [-0.25, -0.2) is 4.98 Å². The Morgan fingerprint density at radius 1 is 1.29 bits per heavy atom. The normalized spacial score (nSPS) is 15.7. The standard InChI is InChI=1S/C13H15N3O/c1-9-14-12-5-4-10(16-6-2-3-7-16)8-11(12)13(17)15-9/h4-5,8H,2-3,6-7H2,1H3,(H,14,15,17). The van der Waals surface area contributed by atoms with Gasteiger partial charge in [-0.1, -0.05) is 0 Å². The summed E-state index contributed by atoms with van der Waals surface area (Å²) in [7, 11) is 0. The van der Waals surface area contributed by atoms with Crippen molar-refractivity contribution in [2.45, 2.75) is 19.8 Å². The summed E-state index contributed by atoms with van der Waals surface area (Å²) in [5.74, 6) is 0.663. The molecule has 1 saturated heterocycles. The average molecular weight is 229 g/mol. The molecule has 1 aliphatic rings. The molecule has 4 nitrogen and oxygen atoms in total. The highest BCUT2D eigenvalue weighted by Gasteiger charge is 2.13. The molecule has 1 fully saturated rings. The van der Waals surface area contributed by atoms with Crippen molar-refractivity contribution in [1.29, 1.82) is 0 Å². The van der Waals surface area contributed by atoms with Gasteiger partial charge in [-0.15, -0.1) is 0 Å². The molecule has 1 aromatic heterocycles. The molecule has 0 aliphatic carbocycles. The highest BCUT2D eigenvalue weighted by atomic mass is 16.1. The first-order valence-corrected chi connectivity index (χ1v) is 6.00. The monoisotopic (exact) mass is 229 g/mol. The number of hydrogen-bond acceptors (Lipinski definition) is 3. The minimum atomic E-state index is -0.0476. The molecule has 1 aromatic carbocycles. The van der Waals surface area contributed by atoms with Gasteiger partial charge in [-0.05, 0) is 38.0 Å². The highest BCUT2D eigenvalue weighted by Crippen LogP contribution is 2.22. The molecule has 3 rings (SSSR count). The van der Waals surface area contributed by atoms with E-state index < -0.39 is 0 Å². The van der Waals surface area contributed by atoms with E-state index in [0.717, 1.165) is 24.3 Å². The van der Waals surface area contributed by atoms with Crippen LogP contribution >= 0.6 is 0 Å². The number of benzene rings is 1. The summed E-state index contributed by atoms with van der Waals surface area (Å²) in [6, 6.07) is 5.94. The summed E-state index contributed by atoms with van der Waals surface area (Å²) in [5, 5.41) is 0.681. The lowest BCUT2D eigenvalue weighted by atomic mass is 10.2. The maximum atomic E-state index is 11.9. The molecule has 1 N–H and O–H groups in total. The third-order valence-corrected chi connectivity index (χ3v) is 3.28. The Labute approximate surface area is 99.3 Å². The van der Waals surface area contributed by atoms with Crippen LogP contribution in [0.1, 0.15) is 18.7 Å². The smallest absolute Gasteiger partial charge is 0.258 e. The largest absolute Gasteiger partial charge is 0.372 e. The maximum Gasteiger partial charge on any atom is 0.258 e. The van der Waals surface area contributed by atoms with Crippen LogP contribution in [0.25, 0.3) is 10.9 Å². The van der Waals surface area contributed by atoms with Gasteiger partial charge in [0.25, 0.3) is 5.56 Å². The topological polar surface area (TPSA) is 49.0 Å². The highest BCUT2D eigenvalue weighted by molar-refractivity contribution is 5.81. The van der Waals surface area contributed by atoms with Gasteiger partial charge in [0.05, 0.1) is 10.9 Å². The number of aromatic amines is 1. The van der Waals surface area contributed by atoms with Crippen LogP contribution in [0.2, 0.25) is 0 Å². The zero-order valence-electron chi connectivity index (χ0n) is 9.86. The van der Waals surface area contributed by atoms with Crippen LogP contribution in [-0.2, 0) is 0 Å². The van der Waals surface area contributed by atoms with Gasteiger partial charge in [0.2, 0.25) is 0 Å². The van der Waals surface area contributed by atoms with Gasteiger partial charge in [0.1, 0.15) is 5.82 Å². The number of nitrogens with one attached hydrogen (secondary N) is 1. The van der Waals surface area contributed by atoms with E-state index in [1.54, 1.807) is 6.92 Å². The molecule has 2 aromatic rings. The molecule has 0 bridgehead atoms. The Balaban J connectivity index is 2.15. The van der Waals surface area contributed by atoms with E-state index in [1.165, 1.54) is 12.8 Å². The van der Waals surface area contributed by atoms with Crippen molar-refractivity contribution in [3.05, 3.63) is 34.4 Å². The molecule has 17 heavy (non-hydrogen) atoms. The number of fused-ring (bicyclic) bond motifs is 1. The molecule has 0 saturated carbocycles. The van der Waals surface area contributed by atoms with Gasteiger partial charge < -0.3 is 9.88 Å². The number of rotatable bonds is 1. The van der Waals surface area contributed by atoms with E-state index in [1.807, 2.05) is 12.1 Å². The maximum absolute atomic E-state index is 11.9. The Hall–Kier alpha value is -1.84. The fourth-order valence-electron chi connectivity index (χ4n) is 2.42. The molecule has 4 heteroatoms. The number of hydrogen-bond donors (Lipinski definition) is 1. The predicted molar refractivity (Wildman–Crippen MR) is 68.5 cm³/mol. The minimum absolute atomic E-state index is 0.0476. The Bertz CT molecular complexity index is 612. The van der Waals surface area contributed by atoms with Gasteiger partial charge in [0.15, 0.2) is 0 Å². The molecule has 2 heterocycles. The minimum Gasteiger partial charge on any atom is -0.372 e. The van der Waals surface area contributed by atoms with Crippen LogP contribution in [0.15, 0.2) is 23.0 Å². The van der Waals surface area contributed by atoms with E-state index in [0.29, 0.717) is 11.2 Å². The van der Waals surface area contributed by atoms with Gasteiger partial charge >= 0.3 is 0 Å².